The Labute approximate surface area is 213 Å². The molecule has 8 nitrogen and oxygen atoms in total. The van der Waals surface area contributed by atoms with Crippen molar-refractivity contribution in [2.45, 2.75) is 103 Å². The maximum atomic E-state index is 12.0. The van der Waals surface area contributed by atoms with E-state index in [4.69, 9.17) is 24.3 Å². The Bertz CT molecular complexity index is 598. The molecule has 0 spiro atoms. The summed E-state index contributed by atoms with van der Waals surface area (Å²) in [5.41, 5.74) is 5.27. The van der Waals surface area contributed by atoms with Crippen LogP contribution < -0.4 is 5.73 Å². The summed E-state index contributed by atoms with van der Waals surface area (Å²) < 4.78 is 32.5. The van der Waals surface area contributed by atoms with Gasteiger partial charge in [-0.1, -0.05) is 76.7 Å². The Morgan fingerprint density at radius 3 is 2.23 bits per heavy atom. The number of phosphoric ester groups is 1. The van der Waals surface area contributed by atoms with Crippen LogP contribution in [0, 0.1) is 0 Å². The van der Waals surface area contributed by atoms with Crippen LogP contribution in [0.4, 0.5) is 0 Å². The molecule has 206 valence electrons. The van der Waals surface area contributed by atoms with Crippen LogP contribution in [0.5, 0.6) is 0 Å². The number of rotatable bonds is 25. The molecule has 0 aliphatic carbocycles. The van der Waals surface area contributed by atoms with Crippen molar-refractivity contribution in [3.63, 3.8) is 0 Å². The fraction of sp³-hybridized carbons (Fsp3) is 0.808. The lowest BCUT2D eigenvalue weighted by molar-refractivity contribution is -0.154. The summed E-state index contributed by atoms with van der Waals surface area (Å²) in [7, 11) is -4.24. The first-order valence-corrected chi connectivity index (χ1v) is 14.8. The molecule has 3 N–H and O–H groups in total. The van der Waals surface area contributed by atoms with E-state index in [1.807, 2.05) is 6.92 Å². The molecule has 0 rings (SSSR count). The van der Waals surface area contributed by atoms with Gasteiger partial charge in [0.2, 0.25) is 0 Å². The predicted molar refractivity (Wildman–Crippen MR) is 141 cm³/mol. The summed E-state index contributed by atoms with van der Waals surface area (Å²) in [5.74, 6) is -0.373. The largest absolute Gasteiger partial charge is 0.472 e. The Hall–Kier alpha value is -1.02. The van der Waals surface area contributed by atoms with Crippen molar-refractivity contribution < 1.29 is 32.8 Å². The summed E-state index contributed by atoms with van der Waals surface area (Å²) >= 11 is 0. The van der Waals surface area contributed by atoms with Crippen molar-refractivity contribution in [2.24, 2.45) is 5.73 Å². The van der Waals surface area contributed by atoms with Gasteiger partial charge in [-0.05, 0) is 38.5 Å². The Kier molecular flexibility index (Phi) is 23.9. The van der Waals surface area contributed by atoms with E-state index in [2.05, 4.69) is 31.2 Å². The van der Waals surface area contributed by atoms with Gasteiger partial charge in [0, 0.05) is 19.6 Å². The number of nitrogens with two attached hydrogens (primary N) is 1. The van der Waals surface area contributed by atoms with Gasteiger partial charge in [-0.3, -0.25) is 13.8 Å². The number of ether oxygens (including phenoxy) is 2. The third kappa shape index (κ3) is 24.5. The van der Waals surface area contributed by atoms with Gasteiger partial charge in [0.1, 0.15) is 6.10 Å². The first-order valence-electron chi connectivity index (χ1n) is 13.3. The van der Waals surface area contributed by atoms with Crippen LogP contribution >= 0.6 is 7.82 Å². The number of phosphoric acid groups is 1. The SMILES string of the molecule is CCC/C=C\C/C=C\CCCCCCCCOCC(COP(=O)(O)OCCN)OC(=O)CCCC. The van der Waals surface area contributed by atoms with E-state index in [0.717, 1.165) is 44.9 Å². The van der Waals surface area contributed by atoms with Crippen molar-refractivity contribution in [2.75, 3.05) is 33.0 Å². The first-order chi connectivity index (χ1) is 16.9. The zero-order valence-corrected chi connectivity index (χ0v) is 22.9. The molecule has 0 heterocycles. The van der Waals surface area contributed by atoms with Crippen LogP contribution in [0.2, 0.25) is 0 Å². The smallest absolute Gasteiger partial charge is 0.457 e. The molecular formula is C26H50NO7P. The molecule has 2 atom stereocenters. The maximum Gasteiger partial charge on any atom is 0.472 e. The highest BCUT2D eigenvalue weighted by atomic mass is 31.2. The Morgan fingerprint density at radius 1 is 0.857 bits per heavy atom. The van der Waals surface area contributed by atoms with Gasteiger partial charge in [-0.15, -0.1) is 0 Å². The molecule has 0 fully saturated rings. The maximum absolute atomic E-state index is 12.0. The average molecular weight is 520 g/mol. The lowest BCUT2D eigenvalue weighted by atomic mass is 10.1. The monoisotopic (exact) mass is 519 g/mol. The molecule has 0 saturated carbocycles. The van der Waals surface area contributed by atoms with Crippen LogP contribution in [0.25, 0.3) is 0 Å². The number of hydrogen-bond donors (Lipinski definition) is 2. The molecule has 0 aliphatic heterocycles. The van der Waals surface area contributed by atoms with E-state index in [-0.39, 0.29) is 32.3 Å². The molecule has 2 unspecified atom stereocenters. The number of esters is 1. The predicted octanol–water partition coefficient (Wildman–Crippen LogP) is 6.23. The van der Waals surface area contributed by atoms with Gasteiger partial charge in [0.25, 0.3) is 0 Å². The highest BCUT2D eigenvalue weighted by molar-refractivity contribution is 7.47. The minimum absolute atomic E-state index is 0.0977. The summed E-state index contributed by atoms with van der Waals surface area (Å²) in [6.07, 6.45) is 21.5. The molecule has 35 heavy (non-hydrogen) atoms. The molecule has 0 bridgehead atoms. The van der Waals surface area contributed by atoms with Gasteiger partial charge in [-0.25, -0.2) is 4.57 Å². The highest BCUT2D eigenvalue weighted by Crippen LogP contribution is 2.43. The van der Waals surface area contributed by atoms with Crippen LogP contribution in [-0.4, -0.2) is 49.9 Å². The molecule has 0 radical (unpaired) electrons. The van der Waals surface area contributed by atoms with Crippen LogP contribution in [0.3, 0.4) is 0 Å². The second kappa shape index (κ2) is 24.7. The lowest BCUT2D eigenvalue weighted by Crippen LogP contribution is -2.28. The second-order valence-corrected chi connectivity index (χ2v) is 10.0. The summed E-state index contributed by atoms with van der Waals surface area (Å²) in [6, 6.07) is 0. The van der Waals surface area contributed by atoms with Gasteiger partial charge >= 0.3 is 13.8 Å². The first kappa shape index (κ1) is 34.0. The number of carbonyl (C=O) groups is 1. The zero-order chi connectivity index (χ0) is 26.0. The van der Waals surface area contributed by atoms with Crippen molar-refractivity contribution in [3.8, 4) is 0 Å². The van der Waals surface area contributed by atoms with E-state index < -0.39 is 13.9 Å². The fourth-order valence-electron chi connectivity index (χ4n) is 3.13. The molecule has 0 aromatic carbocycles. The molecule has 0 aliphatic rings. The summed E-state index contributed by atoms with van der Waals surface area (Å²) in [4.78, 5) is 21.6. The molecule has 0 saturated heterocycles. The van der Waals surface area contributed by atoms with Crippen molar-refractivity contribution >= 4 is 13.8 Å². The number of carbonyl (C=O) groups excluding carboxylic acids is 1. The van der Waals surface area contributed by atoms with E-state index in [1.165, 1.54) is 32.1 Å². The lowest BCUT2D eigenvalue weighted by Gasteiger charge is -2.20. The number of unbranched alkanes of at least 4 members (excludes halogenated alkanes) is 8. The quantitative estimate of drug-likeness (QED) is 0.0631. The minimum Gasteiger partial charge on any atom is -0.457 e. The molecular weight excluding hydrogens is 469 g/mol. The molecule has 0 aromatic heterocycles. The topological polar surface area (TPSA) is 117 Å². The van der Waals surface area contributed by atoms with E-state index in [0.29, 0.717) is 13.0 Å². The van der Waals surface area contributed by atoms with Gasteiger partial charge in [0.15, 0.2) is 0 Å². The van der Waals surface area contributed by atoms with Crippen molar-refractivity contribution in [3.05, 3.63) is 24.3 Å². The second-order valence-electron chi connectivity index (χ2n) is 8.55. The number of hydrogen-bond acceptors (Lipinski definition) is 7. The highest BCUT2D eigenvalue weighted by Gasteiger charge is 2.25. The normalized spacial score (nSPS) is 14.5. The minimum atomic E-state index is -4.24. The number of allylic oxidation sites excluding steroid dienone is 4. The van der Waals surface area contributed by atoms with Gasteiger partial charge in [0.05, 0.1) is 19.8 Å². The average Bonchev–Trinajstić information content (AvgIpc) is 2.84. The van der Waals surface area contributed by atoms with Gasteiger partial charge in [-0.2, -0.15) is 0 Å². The summed E-state index contributed by atoms with van der Waals surface area (Å²) in [6.45, 7) is 4.54. The van der Waals surface area contributed by atoms with Crippen molar-refractivity contribution in [1.82, 2.24) is 0 Å². The summed E-state index contributed by atoms with van der Waals surface area (Å²) in [5, 5.41) is 0. The van der Waals surface area contributed by atoms with Crippen LogP contribution in [0.15, 0.2) is 24.3 Å². The Morgan fingerprint density at radius 2 is 1.54 bits per heavy atom. The third-order valence-electron chi connectivity index (χ3n) is 5.10. The zero-order valence-electron chi connectivity index (χ0n) is 22.0. The molecule has 9 heteroatoms. The van der Waals surface area contributed by atoms with Gasteiger partial charge < -0.3 is 20.1 Å². The fourth-order valence-corrected chi connectivity index (χ4v) is 3.89. The van der Waals surface area contributed by atoms with Crippen LogP contribution in [-0.2, 0) is 27.9 Å². The molecule has 0 aromatic rings. The van der Waals surface area contributed by atoms with E-state index in [9.17, 15) is 14.3 Å². The van der Waals surface area contributed by atoms with Crippen LogP contribution in [0.1, 0.15) is 97.3 Å². The molecule has 0 amide bonds. The van der Waals surface area contributed by atoms with E-state index >= 15 is 0 Å². The van der Waals surface area contributed by atoms with E-state index in [1.54, 1.807) is 0 Å². The standard InChI is InChI=1S/C26H50NO7P/c1-3-5-7-8-9-10-11-12-13-14-15-16-17-18-21-31-23-25(34-26(28)19-6-4-2)24-33-35(29,30)32-22-20-27/h7-8,10-11,25H,3-6,9,12-24,27H2,1-2H3,(H,29,30)/b8-7-,11-10-. The Balaban J connectivity index is 3.97. The third-order valence-corrected chi connectivity index (χ3v) is 6.09. The van der Waals surface area contributed by atoms with Crippen molar-refractivity contribution in [1.29, 1.82) is 0 Å².